The van der Waals surface area contributed by atoms with Gasteiger partial charge >= 0.3 is 0 Å². The van der Waals surface area contributed by atoms with Gasteiger partial charge in [0, 0.05) is 5.69 Å². The van der Waals surface area contributed by atoms with Crippen molar-refractivity contribution < 1.29 is 0 Å². The Labute approximate surface area is 73.8 Å². The molecule has 0 aromatic heterocycles. The lowest BCUT2D eigenvalue weighted by atomic mass is 10.2. The van der Waals surface area contributed by atoms with Gasteiger partial charge in [-0.2, -0.15) is 0 Å². The highest BCUT2D eigenvalue weighted by Gasteiger charge is 1.91. The molecule has 0 atom stereocenters. The number of para-hydroxylation sites is 1. The molecule has 1 aromatic carbocycles. The van der Waals surface area contributed by atoms with Gasteiger partial charge in [0.15, 0.2) is 0 Å². The molecule has 12 heavy (non-hydrogen) atoms. The molecular weight excluding hydrogens is 146 g/mol. The number of benzene rings is 1. The van der Waals surface area contributed by atoms with Crippen molar-refractivity contribution in [2.75, 3.05) is 11.9 Å². The van der Waals surface area contributed by atoms with Crippen LogP contribution in [0.25, 0.3) is 0 Å². The van der Waals surface area contributed by atoms with E-state index < -0.39 is 0 Å². The summed E-state index contributed by atoms with van der Waals surface area (Å²) >= 11 is 0. The predicted octanol–water partition coefficient (Wildman–Crippen LogP) is 2.43. The van der Waals surface area contributed by atoms with Gasteiger partial charge in [-0.1, -0.05) is 24.1 Å². The lowest BCUT2D eigenvalue weighted by molar-refractivity contribution is 1.33. The molecule has 0 spiro atoms. The maximum Gasteiger partial charge on any atom is 0.0765 e. The van der Waals surface area contributed by atoms with Gasteiger partial charge < -0.3 is 5.32 Å². The fourth-order valence-electron chi connectivity index (χ4n) is 0.999. The summed E-state index contributed by atoms with van der Waals surface area (Å²) in [6.07, 6.45) is 0. The molecule has 0 unspecified atom stereocenters. The van der Waals surface area contributed by atoms with Crippen molar-refractivity contribution in [3.63, 3.8) is 0 Å². The summed E-state index contributed by atoms with van der Waals surface area (Å²) in [6.45, 7) is 4.66. The van der Waals surface area contributed by atoms with E-state index in [1.54, 1.807) is 0 Å². The standard InChI is InChI=1S/C11H13N/c1-3-4-9-12-11-8-6-5-7-10(11)2/h5-8,12H,9H2,1-2H3. The van der Waals surface area contributed by atoms with Crippen molar-refractivity contribution in [3.8, 4) is 11.8 Å². The van der Waals surface area contributed by atoms with Crippen LogP contribution in [-0.2, 0) is 0 Å². The van der Waals surface area contributed by atoms with Gasteiger partial charge in [0.1, 0.15) is 0 Å². The number of hydrogen-bond acceptors (Lipinski definition) is 1. The summed E-state index contributed by atoms with van der Waals surface area (Å²) in [5.74, 6) is 5.81. The molecule has 1 N–H and O–H groups in total. The second kappa shape index (κ2) is 4.46. The van der Waals surface area contributed by atoms with Crippen molar-refractivity contribution in [3.05, 3.63) is 29.8 Å². The molecule has 0 bridgehead atoms. The van der Waals surface area contributed by atoms with Gasteiger partial charge in [0.2, 0.25) is 0 Å². The summed E-state index contributed by atoms with van der Waals surface area (Å²) < 4.78 is 0. The normalized spacial score (nSPS) is 8.50. The van der Waals surface area contributed by atoms with Gasteiger partial charge in [-0.05, 0) is 25.5 Å². The summed E-state index contributed by atoms with van der Waals surface area (Å²) in [6, 6.07) is 8.20. The SMILES string of the molecule is CC#CCNc1ccccc1C. The van der Waals surface area contributed by atoms with E-state index in [9.17, 15) is 0 Å². The molecule has 1 rings (SSSR count). The van der Waals surface area contributed by atoms with E-state index in [0.717, 1.165) is 6.54 Å². The first-order valence-corrected chi connectivity index (χ1v) is 4.03. The van der Waals surface area contributed by atoms with Crippen LogP contribution in [-0.4, -0.2) is 6.54 Å². The third kappa shape index (κ3) is 2.32. The van der Waals surface area contributed by atoms with E-state index in [-0.39, 0.29) is 0 Å². The van der Waals surface area contributed by atoms with Gasteiger partial charge in [0.25, 0.3) is 0 Å². The first-order chi connectivity index (χ1) is 5.84. The molecule has 0 amide bonds. The zero-order chi connectivity index (χ0) is 8.81. The van der Waals surface area contributed by atoms with E-state index in [1.165, 1.54) is 11.3 Å². The van der Waals surface area contributed by atoms with E-state index in [4.69, 9.17) is 0 Å². The monoisotopic (exact) mass is 159 g/mol. The predicted molar refractivity (Wildman–Crippen MR) is 53.1 cm³/mol. The Kier molecular flexibility index (Phi) is 3.22. The van der Waals surface area contributed by atoms with Gasteiger partial charge in [-0.3, -0.25) is 0 Å². The molecule has 0 aliphatic heterocycles. The van der Waals surface area contributed by atoms with Crippen molar-refractivity contribution in [2.24, 2.45) is 0 Å². The lowest BCUT2D eigenvalue weighted by Gasteiger charge is -2.04. The van der Waals surface area contributed by atoms with Crippen LogP contribution in [0.5, 0.6) is 0 Å². The van der Waals surface area contributed by atoms with Crippen LogP contribution in [0.3, 0.4) is 0 Å². The Morgan fingerprint density at radius 2 is 2.08 bits per heavy atom. The van der Waals surface area contributed by atoms with Crippen LogP contribution in [0.1, 0.15) is 12.5 Å². The molecule has 0 heterocycles. The van der Waals surface area contributed by atoms with Crippen molar-refractivity contribution in [1.29, 1.82) is 0 Å². The number of anilines is 1. The Hall–Kier alpha value is -1.42. The largest absolute Gasteiger partial charge is 0.374 e. The molecule has 0 aliphatic carbocycles. The summed E-state index contributed by atoms with van der Waals surface area (Å²) in [5, 5.41) is 3.24. The summed E-state index contributed by atoms with van der Waals surface area (Å²) in [4.78, 5) is 0. The Bertz CT molecular complexity index is 304. The molecule has 0 radical (unpaired) electrons. The first kappa shape index (κ1) is 8.67. The molecule has 1 heteroatoms. The molecule has 0 aliphatic rings. The summed E-state index contributed by atoms with van der Waals surface area (Å²) in [5.41, 5.74) is 2.43. The zero-order valence-corrected chi connectivity index (χ0v) is 7.52. The Balaban J connectivity index is 2.61. The number of nitrogens with one attached hydrogen (secondary N) is 1. The van der Waals surface area contributed by atoms with Crippen LogP contribution in [0.2, 0.25) is 0 Å². The van der Waals surface area contributed by atoms with Gasteiger partial charge in [-0.15, -0.1) is 5.92 Å². The highest BCUT2D eigenvalue weighted by Crippen LogP contribution is 2.11. The molecule has 62 valence electrons. The first-order valence-electron chi connectivity index (χ1n) is 4.03. The molecule has 0 saturated carbocycles. The topological polar surface area (TPSA) is 12.0 Å². The highest BCUT2D eigenvalue weighted by atomic mass is 14.9. The van der Waals surface area contributed by atoms with E-state index in [0.29, 0.717) is 0 Å². The zero-order valence-electron chi connectivity index (χ0n) is 7.52. The minimum atomic E-state index is 0.724. The fourth-order valence-corrected chi connectivity index (χ4v) is 0.999. The maximum absolute atomic E-state index is 3.24. The van der Waals surface area contributed by atoms with E-state index >= 15 is 0 Å². The average Bonchev–Trinajstić information content (AvgIpc) is 2.09. The van der Waals surface area contributed by atoms with Gasteiger partial charge in [0.05, 0.1) is 6.54 Å². The highest BCUT2D eigenvalue weighted by molar-refractivity contribution is 5.50. The van der Waals surface area contributed by atoms with Crippen LogP contribution < -0.4 is 5.32 Å². The van der Waals surface area contributed by atoms with Crippen molar-refractivity contribution >= 4 is 5.69 Å². The number of hydrogen-bond donors (Lipinski definition) is 1. The maximum atomic E-state index is 3.24. The average molecular weight is 159 g/mol. The van der Waals surface area contributed by atoms with Crippen LogP contribution >= 0.6 is 0 Å². The van der Waals surface area contributed by atoms with Crippen LogP contribution in [0.15, 0.2) is 24.3 Å². The molecule has 1 aromatic rings. The third-order valence-corrected chi connectivity index (χ3v) is 1.69. The third-order valence-electron chi connectivity index (χ3n) is 1.69. The number of rotatable bonds is 2. The van der Waals surface area contributed by atoms with Crippen LogP contribution in [0, 0.1) is 18.8 Å². The van der Waals surface area contributed by atoms with E-state index in [1.807, 2.05) is 19.1 Å². The quantitative estimate of drug-likeness (QED) is 0.653. The van der Waals surface area contributed by atoms with Gasteiger partial charge in [-0.25, -0.2) is 0 Å². The summed E-state index contributed by atoms with van der Waals surface area (Å²) in [7, 11) is 0. The molecule has 0 fully saturated rings. The van der Waals surface area contributed by atoms with Crippen LogP contribution in [0.4, 0.5) is 5.69 Å². The molecule has 1 nitrogen and oxygen atoms in total. The Morgan fingerprint density at radius 1 is 1.33 bits per heavy atom. The van der Waals surface area contributed by atoms with E-state index in [2.05, 4.69) is 36.2 Å². The smallest absolute Gasteiger partial charge is 0.0765 e. The Morgan fingerprint density at radius 3 is 2.75 bits per heavy atom. The minimum Gasteiger partial charge on any atom is -0.374 e. The van der Waals surface area contributed by atoms with Crippen molar-refractivity contribution in [2.45, 2.75) is 13.8 Å². The van der Waals surface area contributed by atoms with Crippen molar-refractivity contribution in [1.82, 2.24) is 0 Å². The second-order valence-corrected chi connectivity index (χ2v) is 2.60. The molecular formula is C11H13N. The fraction of sp³-hybridized carbons (Fsp3) is 0.273. The second-order valence-electron chi connectivity index (χ2n) is 2.60. The lowest BCUT2D eigenvalue weighted by Crippen LogP contribution is -1.99. The molecule has 0 saturated heterocycles. The number of aryl methyl sites for hydroxylation is 1. The minimum absolute atomic E-state index is 0.724.